The number of hydrogen-bond acceptors (Lipinski definition) is 5. The van der Waals surface area contributed by atoms with Gasteiger partial charge >= 0.3 is 6.03 Å². The highest BCUT2D eigenvalue weighted by Gasteiger charge is 2.65. The molecule has 1 spiro atoms. The fraction of sp³-hybridized carbons (Fsp3) is 0.409. The lowest BCUT2D eigenvalue weighted by molar-refractivity contribution is -0.0946. The van der Waals surface area contributed by atoms with E-state index in [1.165, 1.54) is 4.31 Å². The molecule has 3 heterocycles. The molecule has 1 N–H and O–H groups in total. The van der Waals surface area contributed by atoms with Crippen LogP contribution in [0, 0.1) is 0 Å². The van der Waals surface area contributed by atoms with Gasteiger partial charge in [-0.25, -0.2) is 13.2 Å². The summed E-state index contributed by atoms with van der Waals surface area (Å²) in [5.74, 6) is 0.685. The molecule has 5 rings (SSSR count). The molecule has 3 saturated heterocycles. The number of carbonyl (C=O) groups is 1. The number of anilines is 1. The molecule has 3 atom stereocenters. The number of hydrogen-bond donors (Lipinski definition) is 1. The lowest BCUT2D eigenvalue weighted by atomic mass is 9.99. The van der Waals surface area contributed by atoms with E-state index in [9.17, 15) is 13.2 Å². The Morgan fingerprint density at radius 2 is 2.00 bits per heavy atom. The van der Waals surface area contributed by atoms with E-state index in [-0.39, 0.29) is 31.8 Å². The number of nitrogens with one attached hydrogen (secondary N) is 1. The SMILES string of the molecule is COc1cccc(CN2C[C@@]34CN(C(=O)Nc5ccccc5)C[C@@H](C[C@@H]3S2(=O)=O)O4)c1. The number of ether oxygens (including phenoxy) is 2. The maximum absolute atomic E-state index is 13.3. The van der Waals surface area contributed by atoms with Gasteiger partial charge in [0.1, 0.15) is 16.6 Å². The minimum Gasteiger partial charge on any atom is -0.497 e. The van der Waals surface area contributed by atoms with Gasteiger partial charge in [-0.15, -0.1) is 0 Å². The number of morpholine rings is 1. The van der Waals surface area contributed by atoms with Crippen LogP contribution in [0.1, 0.15) is 12.0 Å². The summed E-state index contributed by atoms with van der Waals surface area (Å²) in [5.41, 5.74) is 0.665. The second kappa shape index (κ2) is 7.51. The quantitative estimate of drug-likeness (QED) is 0.783. The Morgan fingerprint density at radius 1 is 1.19 bits per heavy atom. The standard InChI is InChI=1S/C22H25N3O5S/c1-29-18-9-5-6-16(10-18)12-25-15-22-14-24(21(26)23-17-7-3-2-4-8-17)13-19(30-22)11-20(22)31(25,27)28/h2-10,19-20H,11-15H2,1H3,(H,23,26)/t19-,20+,22+/m1/s1. The van der Waals surface area contributed by atoms with E-state index < -0.39 is 20.9 Å². The lowest BCUT2D eigenvalue weighted by Gasteiger charge is -2.39. The van der Waals surface area contributed by atoms with Gasteiger partial charge in [-0.1, -0.05) is 30.3 Å². The number of para-hydroxylation sites is 1. The monoisotopic (exact) mass is 443 g/mol. The lowest BCUT2D eigenvalue weighted by Crippen LogP contribution is -2.57. The molecule has 2 bridgehead atoms. The molecule has 3 aliphatic rings. The largest absolute Gasteiger partial charge is 0.497 e. The van der Waals surface area contributed by atoms with Gasteiger partial charge in [0, 0.05) is 25.3 Å². The molecule has 8 nitrogen and oxygen atoms in total. The summed E-state index contributed by atoms with van der Waals surface area (Å²) in [4.78, 5) is 14.5. The van der Waals surface area contributed by atoms with Crippen molar-refractivity contribution < 1.29 is 22.7 Å². The Hall–Kier alpha value is -2.62. The molecular formula is C22H25N3O5S. The number of carbonyl (C=O) groups excluding carboxylic acids is 1. The molecule has 0 unspecified atom stereocenters. The predicted molar refractivity (Wildman–Crippen MR) is 115 cm³/mol. The van der Waals surface area contributed by atoms with Gasteiger partial charge < -0.3 is 19.7 Å². The molecule has 2 amide bonds. The van der Waals surface area contributed by atoms with Gasteiger partial charge in [0.15, 0.2) is 0 Å². The first-order valence-electron chi connectivity index (χ1n) is 10.3. The molecule has 0 saturated carbocycles. The van der Waals surface area contributed by atoms with Crippen LogP contribution in [0.4, 0.5) is 10.5 Å². The summed E-state index contributed by atoms with van der Waals surface area (Å²) < 4.78 is 39.6. The Bertz CT molecular complexity index is 1090. The third kappa shape index (κ3) is 3.56. The maximum Gasteiger partial charge on any atom is 0.322 e. The Kier molecular flexibility index (Phi) is 4.91. The number of fused-ring (bicyclic) bond motifs is 1. The highest BCUT2D eigenvalue weighted by Crippen LogP contribution is 2.47. The Labute approximate surface area is 181 Å². The Balaban J connectivity index is 1.35. The number of amides is 2. The summed E-state index contributed by atoms with van der Waals surface area (Å²) in [6.07, 6.45) is 0.139. The van der Waals surface area contributed by atoms with Crippen LogP contribution in [0.3, 0.4) is 0 Å². The highest BCUT2D eigenvalue weighted by atomic mass is 32.2. The Morgan fingerprint density at radius 3 is 2.77 bits per heavy atom. The van der Waals surface area contributed by atoms with Crippen LogP contribution in [0.5, 0.6) is 5.75 Å². The average molecular weight is 444 g/mol. The van der Waals surface area contributed by atoms with Crippen LogP contribution >= 0.6 is 0 Å². The van der Waals surface area contributed by atoms with Crippen molar-refractivity contribution in [3.05, 3.63) is 60.2 Å². The van der Waals surface area contributed by atoms with E-state index in [2.05, 4.69) is 5.32 Å². The van der Waals surface area contributed by atoms with E-state index in [1.807, 2.05) is 54.6 Å². The topological polar surface area (TPSA) is 88.2 Å². The zero-order chi connectivity index (χ0) is 21.6. The average Bonchev–Trinajstić information content (AvgIpc) is 3.13. The molecule has 9 heteroatoms. The molecule has 3 fully saturated rings. The molecule has 31 heavy (non-hydrogen) atoms. The number of nitrogens with zero attached hydrogens (tertiary/aromatic N) is 2. The first-order valence-corrected chi connectivity index (χ1v) is 11.8. The molecule has 2 aromatic carbocycles. The minimum atomic E-state index is -3.54. The molecule has 2 aromatic rings. The minimum absolute atomic E-state index is 0.233. The van der Waals surface area contributed by atoms with Gasteiger partial charge in [0.05, 0.1) is 19.8 Å². The second-order valence-corrected chi connectivity index (χ2v) is 10.5. The van der Waals surface area contributed by atoms with Crippen molar-refractivity contribution in [1.82, 2.24) is 9.21 Å². The van der Waals surface area contributed by atoms with Gasteiger partial charge in [0.25, 0.3) is 0 Å². The van der Waals surface area contributed by atoms with Crippen molar-refractivity contribution >= 4 is 21.7 Å². The van der Waals surface area contributed by atoms with E-state index in [0.717, 1.165) is 5.56 Å². The number of urea groups is 1. The molecule has 0 aromatic heterocycles. The molecule has 3 aliphatic heterocycles. The fourth-order valence-corrected chi connectivity index (χ4v) is 7.24. The van der Waals surface area contributed by atoms with Crippen molar-refractivity contribution in [1.29, 1.82) is 0 Å². The van der Waals surface area contributed by atoms with Crippen LogP contribution in [-0.2, 0) is 21.3 Å². The van der Waals surface area contributed by atoms with Crippen LogP contribution in [0.25, 0.3) is 0 Å². The van der Waals surface area contributed by atoms with E-state index in [0.29, 0.717) is 24.4 Å². The normalized spacial score (nSPS) is 28.9. The molecular weight excluding hydrogens is 418 g/mol. The molecule has 164 valence electrons. The van der Waals surface area contributed by atoms with Crippen molar-refractivity contribution in [2.75, 3.05) is 32.1 Å². The van der Waals surface area contributed by atoms with E-state index >= 15 is 0 Å². The number of rotatable bonds is 4. The van der Waals surface area contributed by atoms with Gasteiger partial charge in [-0.2, -0.15) is 4.31 Å². The highest BCUT2D eigenvalue weighted by molar-refractivity contribution is 7.90. The van der Waals surface area contributed by atoms with Crippen LogP contribution in [0.15, 0.2) is 54.6 Å². The summed E-state index contributed by atoms with van der Waals surface area (Å²) >= 11 is 0. The van der Waals surface area contributed by atoms with Crippen LogP contribution in [-0.4, -0.2) is 67.4 Å². The smallest absolute Gasteiger partial charge is 0.322 e. The number of likely N-dealkylation sites (tertiary alicyclic amines) is 1. The summed E-state index contributed by atoms with van der Waals surface area (Å²) in [6.45, 7) is 1.13. The van der Waals surface area contributed by atoms with Crippen LogP contribution in [0.2, 0.25) is 0 Å². The van der Waals surface area contributed by atoms with Crippen LogP contribution < -0.4 is 10.1 Å². The van der Waals surface area contributed by atoms with Crippen molar-refractivity contribution in [3.63, 3.8) is 0 Å². The maximum atomic E-state index is 13.3. The summed E-state index contributed by atoms with van der Waals surface area (Å²) in [7, 11) is -1.96. The first-order chi connectivity index (χ1) is 14.9. The third-order valence-electron chi connectivity index (χ3n) is 6.32. The predicted octanol–water partition coefficient (Wildman–Crippen LogP) is 2.28. The van der Waals surface area contributed by atoms with Crippen molar-refractivity contribution in [2.24, 2.45) is 0 Å². The molecule has 0 radical (unpaired) electrons. The second-order valence-electron chi connectivity index (χ2n) is 8.37. The van der Waals surface area contributed by atoms with E-state index in [1.54, 1.807) is 12.0 Å². The van der Waals surface area contributed by atoms with Gasteiger partial charge in [-0.05, 0) is 36.2 Å². The zero-order valence-electron chi connectivity index (χ0n) is 17.2. The fourth-order valence-electron chi connectivity index (χ4n) is 4.94. The summed E-state index contributed by atoms with van der Waals surface area (Å²) in [5, 5.41) is 2.26. The van der Waals surface area contributed by atoms with Crippen molar-refractivity contribution in [3.8, 4) is 5.75 Å². The van der Waals surface area contributed by atoms with Crippen molar-refractivity contribution in [2.45, 2.75) is 29.9 Å². The number of sulfonamides is 1. The van der Waals surface area contributed by atoms with Gasteiger partial charge in [-0.3, -0.25) is 0 Å². The van der Waals surface area contributed by atoms with Gasteiger partial charge in [0.2, 0.25) is 10.0 Å². The summed E-state index contributed by atoms with van der Waals surface area (Å²) in [6, 6.07) is 16.4. The first kappa shape index (κ1) is 20.3. The number of methoxy groups -OCH3 is 1. The zero-order valence-corrected chi connectivity index (χ0v) is 18.0. The molecule has 0 aliphatic carbocycles. The number of benzene rings is 2. The van der Waals surface area contributed by atoms with E-state index in [4.69, 9.17) is 9.47 Å². The third-order valence-corrected chi connectivity index (χ3v) is 8.64.